The number of rotatable bonds is 6. The Balaban J connectivity index is 1.82. The molecule has 31 heavy (non-hydrogen) atoms. The standard InChI is InChI=1S/C24H33N3O3S/c1-13(2)20-9-17(22-16(6)25-12-31-22)7-8-19(20)15(5)26-23(29)21-10-18(28)11-27(21)24(30)14(3)4/h7-9,12-15,18,21,28H,10-11H2,1-6H3,(H,26,29)/t15?,18-,21+/m1/s1. The number of likely N-dealkylation sites (tertiary alicyclic amines) is 1. The fraction of sp³-hybridized carbons (Fsp3) is 0.542. The van der Waals surface area contributed by atoms with Crippen molar-refractivity contribution in [3.63, 3.8) is 0 Å². The van der Waals surface area contributed by atoms with Crippen LogP contribution in [-0.4, -0.2) is 45.5 Å². The number of nitrogens with zero attached hydrogens (tertiary/aromatic N) is 2. The van der Waals surface area contributed by atoms with Crippen molar-refractivity contribution in [2.75, 3.05) is 6.54 Å². The van der Waals surface area contributed by atoms with E-state index in [9.17, 15) is 14.7 Å². The van der Waals surface area contributed by atoms with E-state index >= 15 is 0 Å². The highest BCUT2D eigenvalue weighted by molar-refractivity contribution is 7.13. The highest BCUT2D eigenvalue weighted by atomic mass is 32.1. The molecular formula is C24H33N3O3S. The highest BCUT2D eigenvalue weighted by Crippen LogP contribution is 2.33. The summed E-state index contributed by atoms with van der Waals surface area (Å²) >= 11 is 1.63. The van der Waals surface area contributed by atoms with Crippen molar-refractivity contribution >= 4 is 23.2 Å². The number of thiazole rings is 1. The van der Waals surface area contributed by atoms with Crippen LogP contribution in [0.1, 0.15) is 69.8 Å². The van der Waals surface area contributed by atoms with Gasteiger partial charge in [-0.15, -0.1) is 11.3 Å². The molecule has 0 saturated carbocycles. The van der Waals surface area contributed by atoms with Crippen molar-refractivity contribution in [3.8, 4) is 10.4 Å². The number of β-amino-alcohol motifs (C(OH)–C–C–N with tert-alkyl or cyclic N) is 1. The van der Waals surface area contributed by atoms with E-state index in [1.54, 1.807) is 11.3 Å². The third-order valence-corrected chi connectivity index (χ3v) is 6.88. The van der Waals surface area contributed by atoms with Crippen molar-refractivity contribution in [3.05, 3.63) is 40.5 Å². The number of aliphatic hydroxyl groups is 1. The predicted molar refractivity (Wildman–Crippen MR) is 124 cm³/mol. The quantitative estimate of drug-likeness (QED) is 0.706. The van der Waals surface area contributed by atoms with E-state index in [0.717, 1.165) is 21.7 Å². The van der Waals surface area contributed by atoms with E-state index in [1.165, 1.54) is 10.5 Å². The van der Waals surface area contributed by atoms with Crippen LogP contribution in [0.25, 0.3) is 10.4 Å². The molecule has 7 heteroatoms. The summed E-state index contributed by atoms with van der Waals surface area (Å²) in [6.45, 7) is 12.1. The van der Waals surface area contributed by atoms with Crippen LogP contribution >= 0.6 is 11.3 Å². The SMILES string of the molecule is Cc1ncsc1-c1ccc(C(C)NC(=O)[C@@H]2C[C@@H](O)CN2C(=O)C(C)C)c(C(C)C)c1. The number of amides is 2. The van der Waals surface area contributed by atoms with Gasteiger partial charge in [-0.25, -0.2) is 4.98 Å². The zero-order valence-corrected chi connectivity index (χ0v) is 20.0. The van der Waals surface area contributed by atoms with Crippen LogP contribution in [0.2, 0.25) is 0 Å². The number of aromatic nitrogens is 1. The van der Waals surface area contributed by atoms with Crippen molar-refractivity contribution in [1.29, 1.82) is 0 Å². The molecule has 2 aromatic rings. The van der Waals surface area contributed by atoms with E-state index in [2.05, 4.69) is 42.3 Å². The second-order valence-corrected chi connectivity index (χ2v) is 9.90. The van der Waals surface area contributed by atoms with Gasteiger partial charge in [0, 0.05) is 18.9 Å². The maximum Gasteiger partial charge on any atom is 0.243 e. The van der Waals surface area contributed by atoms with Gasteiger partial charge >= 0.3 is 0 Å². The molecule has 168 valence electrons. The summed E-state index contributed by atoms with van der Waals surface area (Å²) in [5.74, 6) is -0.241. The van der Waals surface area contributed by atoms with Crippen molar-refractivity contribution in [2.24, 2.45) is 5.92 Å². The van der Waals surface area contributed by atoms with Gasteiger partial charge in [0.25, 0.3) is 0 Å². The minimum atomic E-state index is -0.665. The number of carbonyl (C=O) groups excluding carboxylic acids is 2. The van der Waals surface area contributed by atoms with Crippen molar-refractivity contribution < 1.29 is 14.7 Å². The van der Waals surface area contributed by atoms with Crippen LogP contribution in [0.5, 0.6) is 0 Å². The summed E-state index contributed by atoms with van der Waals surface area (Å²) in [4.78, 5) is 32.6. The number of benzene rings is 1. The fourth-order valence-electron chi connectivity index (χ4n) is 4.21. The molecule has 3 atom stereocenters. The first-order valence-corrected chi connectivity index (χ1v) is 11.8. The molecular weight excluding hydrogens is 410 g/mol. The van der Waals surface area contributed by atoms with E-state index in [4.69, 9.17) is 0 Å². The molecule has 1 aliphatic rings. The number of aryl methyl sites for hydroxylation is 1. The van der Waals surface area contributed by atoms with E-state index in [0.29, 0.717) is 0 Å². The summed E-state index contributed by atoms with van der Waals surface area (Å²) in [6.07, 6.45) is -0.389. The molecule has 1 aliphatic heterocycles. The predicted octanol–water partition coefficient (Wildman–Crippen LogP) is 4.04. The van der Waals surface area contributed by atoms with Gasteiger partial charge < -0.3 is 15.3 Å². The van der Waals surface area contributed by atoms with Crippen LogP contribution in [0.3, 0.4) is 0 Å². The fourth-order valence-corrected chi connectivity index (χ4v) is 5.02. The number of nitrogens with one attached hydrogen (secondary N) is 1. The van der Waals surface area contributed by atoms with Gasteiger partial charge in [0.2, 0.25) is 11.8 Å². The maximum atomic E-state index is 13.1. The molecule has 0 radical (unpaired) electrons. The Hall–Kier alpha value is -2.25. The van der Waals surface area contributed by atoms with Crippen molar-refractivity contribution in [2.45, 2.75) is 72.1 Å². The van der Waals surface area contributed by atoms with Gasteiger partial charge in [0.05, 0.1) is 28.2 Å². The summed E-state index contributed by atoms with van der Waals surface area (Å²) in [5, 5.41) is 13.2. The third-order valence-electron chi connectivity index (χ3n) is 5.90. The molecule has 0 spiro atoms. The number of carbonyl (C=O) groups is 2. The lowest BCUT2D eigenvalue weighted by molar-refractivity contribution is -0.141. The average Bonchev–Trinajstić information content (AvgIpc) is 3.32. The normalized spacial score (nSPS) is 19.8. The third kappa shape index (κ3) is 4.99. The first-order valence-electron chi connectivity index (χ1n) is 10.9. The summed E-state index contributed by atoms with van der Waals surface area (Å²) < 4.78 is 0. The second kappa shape index (κ2) is 9.49. The molecule has 1 saturated heterocycles. The monoisotopic (exact) mass is 443 g/mol. The molecule has 1 unspecified atom stereocenters. The van der Waals surface area contributed by atoms with Gasteiger partial charge in [-0.1, -0.05) is 39.8 Å². The lowest BCUT2D eigenvalue weighted by Gasteiger charge is -2.27. The largest absolute Gasteiger partial charge is 0.391 e. The minimum Gasteiger partial charge on any atom is -0.391 e. The molecule has 6 nitrogen and oxygen atoms in total. The van der Waals surface area contributed by atoms with E-state index in [1.807, 2.05) is 33.2 Å². The van der Waals surface area contributed by atoms with E-state index in [-0.39, 0.29) is 42.7 Å². The van der Waals surface area contributed by atoms with Gasteiger partial charge in [0.15, 0.2) is 0 Å². The van der Waals surface area contributed by atoms with Crippen LogP contribution in [0.15, 0.2) is 23.7 Å². The van der Waals surface area contributed by atoms with Crippen LogP contribution < -0.4 is 5.32 Å². The van der Waals surface area contributed by atoms with Crippen LogP contribution in [0, 0.1) is 12.8 Å². The van der Waals surface area contributed by atoms with Gasteiger partial charge in [-0.2, -0.15) is 0 Å². The molecule has 0 aliphatic carbocycles. The summed E-state index contributed by atoms with van der Waals surface area (Å²) in [6, 6.07) is 5.51. The smallest absolute Gasteiger partial charge is 0.243 e. The highest BCUT2D eigenvalue weighted by Gasteiger charge is 2.39. The summed E-state index contributed by atoms with van der Waals surface area (Å²) in [7, 11) is 0. The Morgan fingerprint density at radius 1 is 1.19 bits per heavy atom. The molecule has 3 rings (SSSR count). The van der Waals surface area contributed by atoms with Crippen molar-refractivity contribution in [1.82, 2.24) is 15.2 Å². The average molecular weight is 444 g/mol. The Labute approximate surface area is 188 Å². The number of hydrogen-bond acceptors (Lipinski definition) is 5. The molecule has 1 aromatic carbocycles. The molecule has 0 bridgehead atoms. The van der Waals surface area contributed by atoms with E-state index < -0.39 is 12.1 Å². The Morgan fingerprint density at radius 2 is 1.90 bits per heavy atom. The molecule has 1 fully saturated rings. The van der Waals surface area contributed by atoms with Gasteiger partial charge in [0.1, 0.15) is 6.04 Å². The minimum absolute atomic E-state index is 0.100. The molecule has 1 aromatic heterocycles. The topological polar surface area (TPSA) is 82.5 Å². The Morgan fingerprint density at radius 3 is 2.48 bits per heavy atom. The Kier molecular flexibility index (Phi) is 7.17. The molecule has 2 amide bonds. The van der Waals surface area contributed by atoms with Crippen LogP contribution in [0.4, 0.5) is 0 Å². The zero-order valence-electron chi connectivity index (χ0n) is 19.2. The Bertz CT molecular complexity index is 953. The lowest BCUT2D eigenvalue weighted by atomic mass is 9.91. The first-order chi connectivity index (χ1) is 14.6. The summed E-state index contributed by atoms with van der Waals surface area (Å²) in [5.41, 5.74) is 6.26. The zero-order chi connectivity index (χ0) is 22.9. The first kappa shape index (κ1) is 23.4. The molecule has 2 heterocycles. The van der Waals surface area contributed by atoms with Gasteiger partial charge in [-0.3, -0.25) is 9.59 Å². The number of hydrogen-bond donors (Lipinski definition) is 2. The number of aliphatic hydroxyl groups excluding tert-OH is 1. The van der Waals surface area contributed by atoms with Crippen LogP contribution in [-0.2, 0) is 9.59 Å². The molecule has 2 N–H and O–H groups in total. The maximum absolute atomic E-state index is 13.1. The lowest BCUT2D eigenvalue weighted by Crippen LogP contribution is -2.47. The van der Waals surface area contributed by atoms with Gasteiger partial charge in [-0.05, 0) is 42.5 Å². The second-order valence-electron chi connectivity index (χ2n) is 9.05.